The minimum atomic E-state index is -1.26. The molecular formula is C10H5FO4. The summed E-state index contributed by atoms with van der Waals surface area (Å²) in [5, 5.41) is 9.03. The molecule has 76 valence electrons. The second kappa shape index (κ2) is 3.20. The molecule has 15 heavy (non-hydrogen) atoms. The molecule has 0 bridgehead atoms. The molecule has 1 aromatic carbocycles. The summed E-state index contributed by atoms with van der Waals surface area (Å²) in [5.74, 6) is -2.31. The van der Waals surface area contributed by atoms with Crippen molar-refractivity contribution < 1.29 is 23.5 Å². The van der Waals surface area contributed by atoms with Crippen molar-refractivity contribution in [3.8, 4) is 0 Å². The lowest BCUT2D eigenvalue weighted by Gasteiger charge is -1.94. The van der Waals surface area contributed by atoms with Gasteiger partial charge in [0.25, 0.3) is 0 Å². The first kappa shape index (κ1) is 9.39. The number of halogens is 1. The van der Waals surface area contributed by atoms with Crippen molar-refractivity contribution in [2.75, 3.05) is 0 Å². The van der Waals surface area contributed by atoms with Crippen molar-refractivity contribution in [2.24, 2.45) is 0 Å². The Morgan fingerprint density at radius 2 is 2.20 bits per heavy atom. The highest BCUT2D eigenvalue weighted by Gasteiger charge is 2.15. The molecule has 0 unspecified atom stereocenters. The van der Waals surface area contributed by atoms with E-state index in [0.29, 0.717) is 11.7 Å². The fourth-order valence-electron chi connectivity index (χ4n) is 1.32. The maximum Gasteiger partial charge on any atom is 0.371 e. The molecule has 0 aliphatic heterocycles. The van der Waals surface area contributed by atoms with Crippen molar-refractivity contribution in [3.05, 3.63) is 35.3 Å². The van der Waals surface area contributed by atoms with Crippen LogP contribution in [-0.4, -0.2) is 17.4 Å². The number of rotatable bonds is 2. The lowest BCUT2D eigenvalue weighted by molar-refractivity contribution is 0.0664. The summed E-state index contributed by atoms with van der Waals surface area (Å²) in [6.07, 6.45) is 0.298. The molecule has 0 spiro atoms. The number of fused-ring (bicyclic) bond motifs is 1. The number of carboxylic acids is 1. The Hall–Kier alpha value is -2.17. The highest BCUT2D eigenvalue weighted by atomic mass is 19.1. The number of carbonyl (C=O) groups excluding carboxylic acids is 1. The normalized spacial score (nSPS) is 10.5. The van der Waals surface area contributed by atoms with E-state index in [2.05, 4.69) is 0 Å². The standard InChI is InChI=1S/C10H5FO4/c11-7-2-1-5-3-8(10(13)14)15-9(5)6(7)4-12/h1-4H,(H,13,14). The summed E-state index contributed by atoms with van der Waals surface area (Å²) < 4.78 is 18.0. The molecule has 5 heteroatoms. The Kier molecular flexibility index (Phi) is 2.00. The van der Waals surface area contributed by atoms with E-state index >= 15 is 0 Å². The SMILES string of the molecule is O=Cc1c(F)ccc2cc(C(=O)O)oc12. The number of hydrogen-bond donors (Lipinski definition) is 1. The number of carboxylic acid groups (broad SMARTS) is 1. The predicted molar refractivity (Wildman–Crippen MR) is 48.5 cm³/mol. The van der Waals surface area contributed by atoms with E-state index in [1.807, 2.05) is 0 Å². The van der Waals surface area contributed by atoms with Gasteiger partial charge in [-0.25, -0.2) is 9.18 Å². The van der Waals surface area contributed by atoms with Crippen LogP contribution in [0.2, 0.25) is 0 Å². The van der Waals surface area contributed by atoms with Crippen LogP contribution in [0.15, 0.2) is 22.6 Å². The third-order valence-corrected chi connectivity index (χ3v) is 2.00. The van der Waals surface area contributed by atoms with Gasteiger partial charge in [0, 0.05) is 5.39 Å². The zero-order chi connectivity index (χ0) is 11.0. The number of aldehydes is 1. The molecule has 2 rings (SSSR count). The predicted octanol–water partition coefficient (Wildman–Crippen LogP) is 2.08. The van der Waals surface area contributed by atoms with Gasteiger partial charge in [-0.1, -0.05) is 0 Å². The molecule has 0 aliphatic rings. The number of carbonyl (C=O) groups is 2. The summed E-state index contributed by atoms with van der Waals surface area (Å²) >= 11 is 0. The molecule has 0 saturated heterocycles. The van der Waals surface area contributed by atoms with Crippen LogP contribution < -0.4 is 0 Å². The second-order valence-corrected chi connectivity index (χ2v) is 2.91. The number of hydrogen-bond acceptors (Lipinski definition) is 3. The quantitative estimate of drug-likeness (QED) is 0.767. The number of aromatic carboxylic acids is 1. The highest BCUT2D eigenvalue weighted by Crippen LogP contribution is 2.24. The van der Waals surface area contributed by atoms with Crippen molar-refractivity contribution in [1.82, 2.24) is 0 Å². The summed E-state index contributed by atoms with van der Waals surface area (Å²) in [6, 6.07) is 3.69. The van der Waals surface area contributed by atoms with Crippen molar-refractivity contribution >= 4 is 23.2 Å². The van der Waals surface area contributed by atoms with Gasteiger partial charge in [-0.3, -0.25) is 4.79 Å². The molecule has 0 aliphatic carbocycles. The Balaban J connectivity index is 2.80. The average Bonchev–Trinajstić information content (AvgIpc) is 2.61. The minimum absolute atomic E-state index is 0.0394. The molecule has 2 aromatic rings. The number of furan rings is 1. The van der Waals surface area contributed by atoms with Gasteiger partial charge in [-0.2, -0.15) is 0 Å². The fourth-order valence-corrected chi connectivity index (χ4v) is 1.32. The van der Waals surface area contributed by atoms with Crippen LogP contribution >= 0.6 is 0 Å². The first-order chi connectivity index (χ1) is 7.13. The maximum absolute atomic E-state index is 13.1. The van der Waals surface area contributed by atoms with Gasteiger partial charge in [0.2, 0.25) is 5.76 Å². The van der Waals surface area contributed by atoms with E-state index in [4.69, 9.17) is 9.52 Å². The van der Waals surface area contributed by atoms with Gasteiger partial charge < -0.3 is 9.52 Å². The first-order valence-corrected chi connectivity index (χ1v) is 4.04. The number of benzene rings is 1. The van der Waals surface area contributed by atoms with Crippen LogP contribution in [0, 0.1) is 5.82 Å². The summed E-state index contributed by atoms with van der Waals surface area (Å²) in [4.78, 5) is 21.2. The summed E-state index contributed by atoms with van der Waals surface area (Å²) in [7, 11) is 0. The third-order valence-electron chi connectivity index (χ3n) is 2.00. The van der Waals surface area contributed by atoms with Gasteiger partial charge in [0.15, 0.2) is 6.29 Å². The van der Waals surface area contributed by atoms with Crippen LogP contribution in [0.5, 0.6) is 0 Å². The second-order valence-electron chi connectivity index (χ2n) is 2.91. The van der Waals surface area contributed by atoms with E-state index in [9.17, 15) is 14.0 Å². The minimum Gasteiger partial charge on any atom is -0.475 e. The smallest absolute Gasteiger partial charge is 0.371 e. The molecule has 1 heterocycles. The van der Waals surface area contributed by atoms with Gasteiger partial charge >= 0.3 is 5.97 Å². The Morgan fingerprint density at radius 3 is 2.80 bits per heavy atom. The zero-order valence-corrected chi connectivity index (χ0v) is 7.36. The Morgan fingerprint density at radius 1 is 1.47 bits per heavy atom. The Labute approximate surface area is 82.9 Å². The van der Waals surface area contributed by atoms with E-state index in [-0.39, 0.29) is 16.9 Å². The topological polar surface area (TPSA) is 67.5 Å². The van der Waals surface area contributed by atoms with Crippen LogP contribution in [0.3, 0.4) is 0 Å². The summed E-state index contributed by atoms with van der Waals surface area (Å²) in [6.45, 7) is 0. The molecule has 1 N–H and O–H groups in total. The molecule has 0 fully saturated rings. The van der Waals surface area contributed by atoms with E-state index in [1.165, 1.54) is 12.1 Å². The summed E-state index contributed by atoms with van der Waals surface area (Å²) in [5.41, 5.74) is -0.303. The largest absolute Gasteiger partial charge is 0.475 e. The molecule has 0 saturated carbocycles. The van der Waals surface area contributed by atoms with Gasteiger partial charge in [-0.05, 0) is 18.2 Å². The molecule has 0 radical (unpaired) electrons. The molecule has 1 aromatic heterocycles. The van der Waals surface area contributed by atoms with Gasteiger partial charge in [-0.15, -0.1) is 0 Å². The van der Waals surface area contributed by atoms with Gasteiger partial charge in [0.1, 0.15) is 11.4 Å². The van der Waals surface area contributed by atoms with E-state index < -0.39 is 11.8 Å². The van der Waals surface area contributed by atoms with Crippen molar-refractivity contribution in [3.63, 3.8) is 0 Å². The van der Waals surface area contributed by atoms with Crippen LogP contribution in [-0.2, 0) is 0 Å². The van der Waals surface area contributed by atoms with Crippen molar-refractivity contribution in [2.45, 2.75) is 0 Å². The first-order valence-electron chi connectivity index (χ1n) is 4.04. The molecule has 4 nitrogen and oxygen atoms in total. The van der Waals surface area contributed by atoms with Crippen LogP contribution in [0.4, 0.5) is 4.39 Å². The molecule has 0 amide bonds. The highest BCUT2D eigenvalue weighted by molar-refractivity contribution is 5.98. The zero-order valence-electron chi connectivity index (χ0n) is 7.36. The third kappa shape index (κ3) is 1.38. The van der Waals surface area contributed by atoms with E-state index in [1.54, 1.807) is 0 Å². The lowest BCUT2D eigenvalue weighted by atomic mass is 10.1. The van der Waals surface area contributed by atoms with Crippen LogP contribution in [0.1, 0.15) is 20.9 Å². The Bertz CT molecular complexity index is 556. The average molecular weight is 208 g/mol. The molecule has 0 atom stereocenters. The molecular weight excluding hydrogens is 203 g/mol. The maximum atomic E-state index is 13.1. The monoisotopic (exact) mass is 208 g/mol. The fraction of sp³-hybridized carbons (Fsp3) is 0. The van der Waals surface area contributed by atoms with Crippen LogP contribution in [0.25, 0.3) is 11.0 Å². The van der Waals surface area contributed by atoms with Crippen molar-refractivity contribution in [1.29, 1.82) is 0 Å². The van der Waals surface area contributed by atoms with Gasteiger partial charge in [0.05, 0.1) is 5.56 Å². The van der Waals surface area contributed by atoms with E-state index in [0.717, 1.165) is 6.07 Å². The lowest BCUT2D eigenvalue weighted by Crippen LogP contribution is -1.91.